The average molecular weight is 711 g/mol. The molecule has 52 heavy (non-hydrogen) atoms. The summed E-state index contributed by atoms with van der Waals surface area (Å²) in [5.74, 6) is -1.57. The lowest BCUT2D eigenvalue weighted by Gasteiger charge is -2.37. The zero-order valence-electron chi connectivity index (χ0n) is 30.8. The number of ketones is 1. The van der Waals surface area contributed by atoms with Crippen LogP contribution in [0.5, 0.6) is 11.5 Å². The van der Waals surface area contributed by atoms with E-state index in [0.717, 1.165) is 24.0 Å². The summed E-state index contributed by atoms with van der Waals surface area (Å²) in [6.45, 7) is 12.4. The molecule has 0 bridgehead atoms. The SMILES string of the molecule is C=CC1CC1(CC(=O)[C@@H]1C[C@@H](Oc2cc(-c3ccccc3)nc3cc(OC)ccc23)CN1C(=O)[C@@H](CC(=O)N1CCN(C)CC1)C(C)(C)C)C(=O)O. The Balaban J connectivity index is 1.33. The summed E-state index contributed by atoms with van der Waals surface area (Å²) in [6.07, 6.45) is 1.33. The van der Waals surface area contributed by atoms with E-state index >= 15 is 0 Å². The van der Waals surface area contributed by atoms with E-state index in [1.165, 1.54) is 0 Å². The number of carboxylic acids is 1. The van der Waals surface area contributed by atoms with Crippen molar-refractivity contribution < 1.29 is 33.8 Å². The number of amides is 2. The zero-order chi connectivity index (χ0) is 37.4. The lowest BCUT2D eigenvalue weighted by atomic mass is 9.77. The van der Waals surface area contributed by atoms with Crippen molar-refractivity contribution >= 4 is 34.5 Å². The van der Waals surface area contributed by atoms with Gasteiger partial charge in [0.2, 0.25) is 11.8 Å². The molecule has 276 valence electrons. The molecule has 2 saturated heterocycles. The third kappa shape index (κ3) is 7.55. The van der Waals surface area contributed by atoms with Crippen molar-refractivity contribution in [3.8, 4) is 22.8 Å². The van der Waals surface area contributed by atoms with Crippen LogP contribution in [0.25, 0.3) is 22.2 Å². The van der Waals surface area contributed by atoms with Gasteiger partial charge in [0.05, 0.1) is 42.2 Å². The minimum Gasteiger partial charge on any atom is -0.497 e. The Morgan fingerprint density at radius 1 is 1.06 bits per heavy atom. The first-order valence-electron chi connectivity index (χ1n) is 18.1. The van der Waals surface area contributed by atoms with Gasteiger partial charge < -0.3 is 29.3 Å². The minimum atomic E-state index is -1.22. The monoisotopic (exact) mass is 710 g/mol. The van der Waals surface area contributed by atoms with Crippen LogP contribution in [0.2, 0.25) is 0 Å². The number of fused-ring (bicyclic) bond motifs is 1. The Labute approximate surface area is 305 Å². The second-order valence-corrected chi connectivity index (χ2v) is 15.7. The molecular formula is C41H50N4O7. The van der Waals surface area contributed by atoms with Crippen molar-refractivity contribution in [1.82, 2.24) is 19.7 Å². The Kier molecular flexibility index (Phi) is 10.5. The number of Topliss-reactive ketones (excluding diaryl/α,β-unsaturated/α-hetero) is 1. The molecule has 2 unspecified atom stereocenters. The molecule has 6 rings (SSSR count). The van der Waals surface area contributed by atoms with E-state index in [1.54, 1.807) is 18.1 Å². The quantitative estimate of drug-likeness (QED) is 0.248. The predicted molar refractivity (Wildman–Crippen MR) is 198 cm³/mol. The molecule has 1 aliphatic carbocycles. The number of carbonyl (C=O) groups is 4. The molecule has 3 heterocycles. The van der Waals surface area contributed by atoms with E-state index in [9.17, 15) is 24.3 Å². The second kappa shape index (κ2) is 14.7. The molecule has 3 aliphatic rings. The smallest absolute Gasteiger partial charge is 0.310 e. The maximum absolute atomic E-state index is 14.7. The largest absolute Gasteiger partial charge is 0.497 e. The first kappa shape index (κ1) is 37.0. The molecule has 0 spiro atoms. The van der Waals surface area contributed by atoms with E-state index in [0.29, 0.717) is 42.2 Å². The summed E-state index contributed by atoms with van der Waals surface area (Å²) in [5.41, 5.74) is 0.434. The Morgan fingerprint density at radius 3 is 2.38 bits per heavy atom. The second-order valence-electron chi connectivity index (χ2n) is 15.7. The Hall–Kier alpha value is -4.77. The fourth-order valence-electron chi connectivity index (χ4n) is 7.69. The van der Waals surface area contributed by atoms with Gasteiger partial charge in [0, 0.05) is 68.5 Å². The van der Waals surface area contributed by atoms with Crippen molar-refractivity contribution in [2.24, 2.45) is 22.7 Å². The number of carboxylic acid groups (broad SMARTS) is 1. The number of methoxy groups -OCH3 is 1. The van der Waals surface area contributed by atoms with Crippen LogP contribution in [0, 0.1) is 22.7 Å². The fraction of sp³-hybridized carbons (Fsp3) is 0.488. The van der Waals surface area contributed by atoms with Gasteiger partial charge in [-0.25, -0.2) is 4.98 Å². The number of aromatic nitrogens is 1. The molecule has 1 N–H and O–H groups in total. The van der Waals surface area contributed by atoms with Crippen LogP contribution in [-0.2, 0) is 19.2 Å². The molecule has 11 heteroatoms. The van der Waals surface area contributed by atoms with Crippen LogP contribution in [-0.4, -0.2) is 107 Å². The number of rotatable bonds is 12. The summed E-state index contributed by atoms with van der Waals surface area (Å²) in [6, 6.07) is 16.2. The van der Waals surface area contributed by atoms with Crippen LogP contribution in [0.3, 0.4) is 0 Å². The summed E-state index contributed by atoms with van der Waals surface area (Å²) in [7, 11) is 3.62. The summed E-state index contributed by atoms with van der Waals surface area (Å²) < 4.78 is 12.2. The number of carbonyl (C=O) groups excluding carboxylic acids is 3. The van der Waals surface area contributed by atoms with Gasteiger partial charge in [0.25, 0.3) is 0 Å². The Bertz CT molecular complexity index is 1850. The van der Waals surface area contributed by atoms with Crippen LogP contribution < -0.4 is 9.47 Å². The molecule has 5 atom stereocenters. The van der Waals surface area contributed by atoms with Crippen molar-refractivity contribution in [3.05, 3.63) is 67.3 Å². The van der Waals surface area contributed by atoms with Crippen LogP contribution in [0.1, 0.15) is 46.5 Å². The van der Waals surface area contributed by atoms with Crippen molar-refractivity contribution in [2.45, 2.75) is 58.6 Å². The number of hydrogen-bond donors (Lipinski definition) is 1. The maximum atomic E-state index is 14.7. The number of likely N-dealkylation sites (N-methyl/N-ethyl adjacent to an activating group) is 1. The molecule has 0 radical (unpaired) electrons. The molecular weight excluding hydrogens is 660 g/mol. The van der Waals surface area contributed by atoms with Gasteiger partial charge in [0.15, 0.2) is 5.78 Å². The maximum Gasteiger partial charge on any atom is 0.310 e. The number of nitrogens with zero attached hydrogens (tertiary/aromatic N) is 4. The molecule has 1 saturated carbocycles. The lowest BCUT2D eigenvalue weighted by molar-refractivity contribution is -0.150. The molecule has 3 aromatic rings. The molecule has 3 fully saturated rings. The van der Waals surface area contributed by atoms with Crippen molar-refractivity contribution in [3.63, 3.8) is 0 Å². The summed E-state index contributed by atoms with van der Waals surface area (Å²) >= 11 is 0. The summed E-state index contributed by atoms with van der Waals surface area (Å²) in [4.78, 5) is 65.4. The first-order chi connectivity index (χ1) is 24.7. The highest BCUT2D eigenvalue weighted by Crippen LogP contribution is 2.56. The Morgan fingerprint density at radius 2 is 1.77 bits per heavy atom. The molecule has 2 amide bonds. The minimum absolute atomic E-state index is 0.0177. The number of hydrogen-bond acceptors (Lipinski definition) is 8. The molecule has 1 aromatic heterocycles. The van der Waals surface area contributed by atoms with Crippen molar-refractivity contribution in [1.29, 1.82) is 0 Å². The van der Waals surface area contributed by atoms with Gasteiger partial charge in [-0.3, -0.25) is 19.2 Å². The van der Waals surface area contributed by atoms with Crippen molar-refractivity contribution in [2.75, 3.05) is 46.9 Å². The lowest BCUT2D eigenvalue weighted by Crippen LogP contribution is -2.51. The van der Waals surface area contributed by atoms with E-state index < -0.39 is 34.9 Å². The first-order valence-corrected chi connectivity index (χ1v) is 18.1. The third-order valence-electron chi connectivity index (χ3n) is 11.2. The van der Waals surface area contributed by atoms with E-state index in [2.05, 4.69) is 11.5 Å². The van der Waals surface area contributed by atoms with Gasteiger partial charge in [-0.05, 0) is 36.9 Å². The number of pyridine rings is 1. The standard InChI is InChI=1S/C41H50N4O7/c1-7-27-23-41(27,39(49)50)24-35(46)34-20-29(25-45(34)38(48)31(40(2,3)4)21-37(47)44-17-15-43(5)16-18-44)52-36-22-32(26-11-9-8-10-12-26)42-33-19-28(51-6)13-14-30(33)36/h7-14,19,22,27,29,31,34H,1,15-18,20-21,23-25H2,2-6H3,(H,49,50)/t27?,29-,31-,34+,41?/m1/s1. The van der Waals surface area contributed by atoms with Crippen LogP contribution in [0.15, 0.2) is 67.3 Å². The van der Waals surface area contributed by atoms with Gasteiger partial charge >= 0.3 is 5.97 Å². The summed E-state index contributed by atoms with van der Waals surface area (Å²) in [5, 5.41) is 10.9. The van der Waals surface area contributed by atoms with Gasteiger partial charge in [-0.1, -0.05) is 57.2 Å². The van der Waals surface area contributed by atoms with Crippen LogP contribution in [0.4, 0.5) is 0 Å². The van der Waals surface area contributed by atoms with E-state index in [1.807, 2.05) is 87.3 Å². The highest BCUT2D eigenvalue weighted by Gasteiger charge is 2.61. The number of benzene rings is 2. The predicted octanol–water partition coefficient (Wildman–Crippen LogP) is 5.32. The highest BCUT2D eigenvalue weighted by molar-refractivity contribution is 5.96. The topological polar surface area (TPSA) is 130 Å². The fourth-order valence-corrected chi connectivity index (χ4v) is 7.69. The van der Waals surface area contributed by atoms with Gasteiger partial charge in [-0.2, -0.15) is 0 Å². The van der Waals surface area contributed by atoms with E-state index in [-0.39, 0.29) is 49.3 Å². The highest BCUT2D eigenvalue weighted by atomic mass is 16.5. The number of piperazine rings is 1. The molecule has 2 aliphatic heterocycles. The number of allylic oxidation sites excluding steroid dienone is 1. The number of ether oxygens (including phenoxy) is 2. The van der Waals surface area contributed by atoms with E-state index in [4.69, 9.17) is 14.5 Å². The molecule has 11 nitrogen and oxygen atoms in total. The zero-order valence-corrected chi connectivity index (χ0v) is 30.8. The van der Waals surface area contributed by atoms with Gasteiger partial charge in [-0.15, -0.1) is 6.58 Å². The number of aliphatic carboxylic acids is 1. The number of likely N-dealkylation sites (tertiary alicyclic amines) is 1. The third-order valence-corrected chi connectivity index (χ3v) is 11.2. The normalized spacial score (nSPS) is 24.0. The average Bonchev–Trinajstić information content (AvgIpc) is 3.69. The molecule has 2 aromatic carbocycles. The van der Waals surface area contributed by atoms with Crippen LogP contribution >= 0.6 is 0 Å². The van der Waals surface area contributed by atoms with Gasteiger partial charge in [0.1, 0.15) is 17.6 Å².